The molecule has 3 aliphatic rings. The molecule has 1 aromatic carbocycles. The van der Waals surface area contributed by atoms with Gasteiger partial charge in [0.2, 0.25) is 5.91 Å². The number of nitrogens with zero attached hydrogens (tertiary/aromatic N) is 1. The van der Waals surface area contributed by atoms with Crippen molar-refractivity contribution in [3.8, 4) is 5.75 Å². The minimum absolute atomic E-state index is 0.0591. The number of ether oxygens (including phenoxy) is 1. The van der Waals surface area contributed by atoms with Crippen molar-refractivity contribution >= 4 is 5.91 Å². The normalized spacial score (nSPS) is 33.0. The highest BCUT2D eigenvalue weighted by atomic mass is 16.5. The number of hydrogen-bond donors (Lipinski definition) is 1. The molecule has 25 heavy (non-hydrogen) atoms. The van der Waals surface area contributed by atoms with Crippen LogP contribution in [0.2, 0.25) is 0 Å². The molecule has 1 N–H and O–H groups in total. The maximum absolute atomic E-state index is 12.5. The van der Waals surface area contributed by atoms with Crippen molar-refractivity contribution < 1.29 is 14.6 Å². The molecule has 2 saturated carbocycles. The van der Waals surface area contributed by atoms with Gasteiger partial charge in [0.05, 0.1) is 12.7 Å². The van der Waals surface area contributed by atoms with Crippen LogP contribution in [0.25, 0.3) is 0 Å². The van der Waals surface area contributed by atoms with Gasteiger partial charge in [-0.2, -0.15) is 0 Å². The summed E-state index contributed by atoms with van der Waals surface area (Å²) in [5.41, 5.74) is 1.14. The lowest BCUT2D eigenvalue weighted by Crippen LogP contribution is -2.61. The van der Waals surface area contributed by atoms with E-state index >= 15 is 0 Å². The van der Waals surface area contributed by atoms with Crippen LogP contribution in [0.1, 0.15) is 44.6 Å². The molecule has 3 fully saturated rings. The Labute approximate surface area is 150 Å². The number of benzene rings is 1. The fourth-order valence-corrected chi connectivity index (χ4v) is 5.24. The second-order valence-corrected chi connectivity index (χ2v) is 8.96. The van der Waals surface area contributed by atoms with E-state index in [0.29, 0.717) is 18.3 Å². The van der Waals surface area contributed by atoms with Crippen molar-refractivity contribution in [1.29, 1.82) is 0 Å². The summed E-state index contributed by atoms with van der Waals surface area (Å²) in [5, 5.41) is 9.84. The molecule has 1 saturated heterocycles. The molecule has 1 aromatic rings. The molecule has 1 spiro atoms. The average molecular weight is 343 g/mol. The van der Waals surface area contributed by atoms with Gasteiger partial charge in [-0.15, -0.1) is 0 Å². The van der Waals surface area contributed by atoms with Crippen LogP contribution in [0.5, 0.6) is 5.75 Å². The first-order valence-corrected chi connectivity index (χ1v) is 9.52. The summed E-state index contributed by atoms with van der Waals surface area (Å²) in [6.45, 7) is 3.70. The van der Waals surface area contributed by atoms with Gasteiger partial charge in [0.15, 0.2) is 0 Å². The van der Waals surface area contributed by atoms with Crippen LogP contribution in [0.3, 0.4) is 0 Å². The van der Waals surface area contributed by atoms with Crippen LogP contribution < -0.4 is 4.74 Å². The van der Waals surface area contributed by atoms with E-state index in [2.05, 4.69) is 12.1 Å². The Bertz CT molecular complexity index is 638. The van der Waals surface area contributed by atoms with Gasteiger partial charge >= 0.3 is 0 Å². The van der Waals surface area contributed by atoms with E-state index in [1.807, 2.05) is 24.0 Å². The first kappa shape index (κ1) is 16.9. The second-order valence-electron chi connectivity index (χ2n) is 8.96. The monoisotopic (exact) mass is 343 g/mol. The molecule has 4 nitrogen and oxygen atoms in total. The number of aliphatic hydroxyl groups is 1. The van der Waals surface area contributed by atoms with Crippen molar-refractivity contribution in [2.75, 3.05) is 20.2 Å². The van der Waals surface area contributed by atoms with Crippen molar-refractivity contribution in [3.05, 3.63) is 29.8 Å². The Kier molecular flexibility index (Phi) is 4.06. The topological polar surface area (TPSA) is 49.8 Å². The number of carbonyl (C=O) groups excluding carboxylic acids is 1. The fraction of sp³-hybridized carbons (Fsp3) is 0.667. The lowest BCUT2D eigenvalue weighted by atomic mass is 9.69. The van der Waals surface area contributed by atoms with Crippen LogP contribution in [-0.4, -0.2) is 41.7 Å². The smallest absolute Gasteiger partial charge is 0.225 e. The SMILES string of the molecule is COc1ccc(C[C@H]2CCC3(C2)CN(C(=O)C2CC(C)(O)C2)C3)cc1. The third-order valence-electron chi connectivity index (χ3n) is 6.57. The molecule has 2 aliphatic carbocycles. The number of rotatable bonds is 4. The molecule has 0 unspecified atom stereocenters. The predicted molar refractivity (Wildman–Crippen MR) is 96.4 cm³/mol. The quantitative estimate of drug-likeness (QED) is 0.914. The Hall–Kier alpha value is -1.55. The van der Waals surface area contributed by atoms with E-state index in [0.717, 1.165) is 31.2 Å². The number of carbonyl (C=O) groups is 1. The van der Waals surface area contributed by atoms with Crippen molar-refractivity contribution in [1.82, 2.24) is 4.90 Å². The molecule has 1 heterocycles. The van der Waals surface area contributed by atoms with E-state index in [1.54, 1.807) is 7.11 Å². The zero-order chi connectivity index (χ0) is 17.7. The van der Waals surface area contributed by atoms with Crippen LogP contribution >= 0.6 is 0 Å². The van der Waals surface area contributed by atoms with Crippen molar-refractivity contribution in [2.24, 2.45) is 17.3 Å². The highest BCUT2D eigenvalue weighted by Crippen LogP contribution is 2.50. The molecule has 0 radical (unpaired) electrons. The summed E-state index contributed by atoms with van der Waals surface area (Å²) < 4.78 is 5.23. The minimum Gasteiger partial charge on any atom is -0.497 e. The largest absolute Gasteiger partial charge is 0.497 e. The molecule has 4 rings (SSSR count). The Morgan fingerprint density at radius 2 is 1.92 bits per heavy atom. The Balaban J connectivity index is 1.26. The summed E-state index contributed by atoms with van der Waals surface area (Å²) in [6, 6.07) is 8.42. The lowest BCUT2D eigenvalue weighted by Gasteiger charge is -2.52. The summed E-state index contributed by atoms with van der Waals surface area (Å²) in [4.78, 5) is 14.5. The van der Waals surface area contributed by atoms with Crippen molar-refractivity contribution in [3.63, 3.8) is 0 Å². The van der Waals surface area contributed by atoms with Crippen LogP contribution in [0.15, 0.2) is 24.3 Å². The molecule has 4 heteroatoms. The maximum atomic E-state index is 12.5. The highest BCUT2D eigenvalue weighted by molar-refractivity contribution is 5.81. The first-order valence-electron chi connectivity index (χ1n) is 9.52. The number of methoxy groups -OCH3 is 1. The van der Waals surface area contributed by atoms with Crippen molar-refractivity contribution in [2.45, 2.75) is 51.0 Å². The van der Waals surface area contributed by atoms with E-state index < -0.39 is 5.60 Å². The van der Waals surface area contributed by atoms with E-state index in [9.17, 15) is 9.90 Å². The van der Waals surface area contributed by atoms with Crippen LogP contribution in [0.4, 0.5) is 0 Å². The summed E-state index contributed by atoms with van der Waals surface area (Å²) in [7, 11) is 1.70. The standard InChI is InChI=1S/C21H29NO3/c1-20(24)11-17(12-20)19(23)22-13-21(14-22)8-7-16(10-21)9-15-3-5-18(25-2)6-4-15/h3-6,16-17,24H,7-14H2,1-2H3/t16-,17?,20?/m1/s1. The highest BCUT2D eigenvalue weighted by Gasteiger charge is 2.52. The molecule has 0 bridgehead atoms. The summed E-state index contributed by atoms with van der Waals surface area (Å²) >= 11 is 0. The molecule has 1 aliphatic heterocycles. The predicted octanol–water partition coefficient (Wildman–Crippen LogP) is 3.03. The average Bonchev–Trinajstić information content (AvgIpc) is 2.95. The molecule has 1 amide bonds. The van der Waals surface area contributed by atoms with Gasteiger partial charge < -0.3 is 14.7 Å². The van der Waals surface area contributed by atoms with Crippen LogP contribution in [-0.2, 0) is 11.2 Å². The third-order valence-corrected chi connectivity index (χ3v) is 6.57. The Morgan fingerprint density at radius 1 is 1.24 bits per heavy atom. The number of hydrogen-bond acceptors (Lipinski definition) is 3. The van der Waals surface area contributed by atoms with E-state index in [-0.39, 0.29) is 11.8 Å². The van der Waals surface area contributed by atoms with Gasteiger partial charge in [-0.3, -0.25) is 4.79 Å². The zero-order valence-corrected chi connectivity index (χ0v) is 15.3. The van der Waals surface area contributed by atoms with Gasteiger partial charge in [-0.25, -0.2) is 0 Å². The maximum Gasteiger partial charge on any atom is 0.225 e. The fourth-order valence-electron chi connectivity index (χ4n) is 5.24. The van der Waals surface area contributed by atoms with Gasteiger partial charge in [-0.1, -0.05) is 12.1 Å². The summed E-state index contributed by atoms with van der Waals surface area (Å²) in [6.07, 6.45) is 6.16. The number of likely N-dealkylation sites (tertiary alicyclic amines) is 1. The molecular formula is C21H29NO3. The summed E-state index contributed by atoms with van der Waals surface area (Å²) in [5.74, 6) is 1.98. The van der Waals surface area contributed by atoms with Gasteiger partial charge in [0, 0.05) is 24.4 Å². The van der Waals surface area contributed by atoms with Gasteiger partial charge in [-0.05, 0) is 69.1 Å². The van der Waals surface area contributed by atoms with Gasteiger partial charge in [0.1, 0.15) is 5.75 Å². The van der Waals surface area contributed by atoms with E-state index in [4.69, 9.17) is 4.74 Å². The van der Waals surface area contributed by atoms with Gasteiger partial charge in [0.25, 0.3) is 0 Å². The second kappa shape index (κ2) is 6.01. The molecule has 136 valence electrons. The zero-order valence-electron chi connectivity index (χ0n) is 15.3. The molecule has 1 atom stereocenters. The lowest BCUT2D eigenvalue weighted by molar-refractivity contribution is -0.161. The van der Waals surface area contributed by atoms with Crippen LogP contribution in [0, 0.1) is 17.3 Å². The Morgan fingerprint density at radius 3 is 2.52 bits per heavy atom. The molecule has 0 aromatic heterocycles. The minimum atomic E-state index is -0.611. The first-order chi connectivity index (χ1) is 11.9. The van der Waals surface area contributed by atoms with E-state index in [1.165, 1.54) is 24.8 Å². The third kappa shape index (κ3) is 3.29. The number of amides is 1. The molecular weight excluding hydrogens is 314 g/mol.